The van der Waals surface area contributed by atoms with Gasteiger partial charge in [-0.05, 0) is 31.2 Å². The van der Waals surface area contributed by atoms with Crippen LogP contribution < -0.4 is 0 Å². The minimum Gasteiger partial charge on any atom is -0.298 e. The molecule has 0 heterocycles. The van der Waals surface area contributed by atoms with Crippen molar-refractivity contribution in [3.05, 3.63) is 35.9 Å². The third kappa shape index (κ3) is 3.57. The number of rotatable bonds is 6. The summed E-state index contributed by atoms with van der Waals surface area (Å²) in [4.78, 5) is 21.1. The van der Waals surface area contributed by atoms with Crippen molar-refractivity contribution in [1.29, 1.82) is 0 Å². The Labute approximate surface area is 109 Å². The Hall–Kier alpha value is -1.35. The maximum atomic E-state index is 11.9. The molecule has 1 aromatic rings. The normalized spacial score (nSPS) is 15.8. The highest BCUT2D eigenvalue weighted by atomic mass is 17.2. The molecule has 2 unspecified atom stereocenters. The van der Waals surface area contributed by atoms with Crippen molar-refractivity contribution in [3.63, 3.8) is 0 Å². The fourth-order valence-electron chi connectivity index (χ4n) is 2.12. The lowest BCUT2D eigenvalue weighted by Crippen LogP contribution is -2.30. The molecule has 0 saturated carbocycles. The number of hydrogen-bond donors (Lipinski definition) is 0. The van der Waals surface area contributed by atoms with Crippen molar-refractivity contribution in [1.82, 2.24) is 0 Å². The molecule has 18 heavy (non-hydrogen) atoms. The molecule has 0 aromatic heterocycles. The summed E-state index contributed by atoms with van der Waals surface area (Å²) in [7, 11) is 1.36. The average molecular weight is 250 g/mol. The Bertz CT molecular complexity index is 375. The Morgan fingerprint density at radius 1 is 1.33 bits per heavy atom. The molecule has 0 aliphatic rings. The fraction of sp³-hybridized carbons (Fsp3) is 0.533. The monoisotopic (exact) mass is 250 g/mol. The molecular formula is C15H22O3. The van der Waals surface area contributed by atoms with E-state index in [0.29, 0.717) is 5.92 Å². The Balaban J connectivity index is 2.76. The van der Waals surface area contributed by atoms with Gasteiger partial charge in [0.1, 0.15) is 0 Å². The summed E-state index contributed by atoms with van der Waals surface area (Å²) in [6.45, 7) is 6.05. The largest absolute Gasteiger partial charge is 0.348 e. The zero-order valence-electron chi connectivity index (χ0n) is 11.6. The quantitative estimate of drug-likeness (QED) is 0.570. The first-order valence-corrected chi connectivity index (χ1v) is 6.33. The zero-order valence-corrected chi connectivity index (χ0v) is 11.6. The van der Waals surface area contributed by atoms with Crippen LogP contribution in [0.15, 0.2) is 30.3 Å². The summed E-state index contributed by atoms with van der Waals surface area (Å²) in [6.07, 6.45) is 1.47. The summed E-state index contributed by atoms with van der Waals surface area (Å²) >= 11 is 0. The minimum absolute atomic E-state index is 0.296. The predicted octanol–water partition coefficient (Wildman–Crippen LogP) is 3.70. The van der Waals surface area contributed by atoms with Crippen LogP contribution in [0.1, 0.15) is 45.1 Å². The first-order chi connectivity index (χ1) is 8.53. The second-order valence-electron chi connectivity index (χ2n) is 4.97. The van der Waals surface area contributed by atoms with Crippen LogP contribution in [0.4, 0.5) is 0 Å². The molecule has 0 amide bonds. The van der Waals surface area contributed by atoms with Crippen molar-refractivity contribution in [2.45, 2.75) is 39.5 Å². The van der Waals surface area contributed by atoms with Gasteiger partial charge in [-0.25, -0.2) is 4.79 Å². The SMILES string of the molecule is CCC(C)(CC(C)c1ccccc1)C(=O)OOC. The molecule has 0 aliphatic carbocycles. The van der Waals surface area contributed by atoms with Gasteiger partial charge in [0.05, 0.1) is 12.5 Å². The van der Waals surface area contributed by atoms with Gasteiger partial charge in [-0.15, -0.1) is 0 Å². The summed E-state index contributed by atoms with van der Waals surface area (Å²) < 4.78 is 0. The van der Waals surface area contributed by atoms with Gasteiger partial charge in [0.25, 0.3) is 0 Å². The van der Waals surface area contributed by atoms with Gasteiger partial charge in [-0.2, -0.15) is 4.89 Å². The molecule has 2 atom stereocenters. The van der Waals surface area contributed by atoms with Crippen LogP contribution in [0.2, 0.25) is 0 Å². The zero-order chi connectivity index (χ0) is 13.6. The van der Waals surface area contributed by atoms with E-state index in [1.807, 2.05) is 32.0 Å². The lowest BCUT2D eigenvalue weighted by Gasteiger charge is -2.28. The number of benzene rings is 1. The summed E-state index contributed by atoms with van der Waals surface area (Å²) in [5.74, 6) is 0.0100. The van der Waals surface area contributed by atoms with E-state index in [4.69, 9.17) is 4.89 Å². The second kappa shape index (κ2) is 6.55. The van der Waals surface area contributed by atoms with Crippen molar-refractivity contribution in [2.75, 3.05) is 7.11 Å². The third-order valence-corrected chi connectivity index (χ3v) is 3.56. The minimum atomic E-state index is -0.509. The maximum Gasteiger partial charge on any atom is 0.348 e. The highest BCUT2D eigenvalue weighted by Gasteiger charge is 2.35. The first-order valence-electron chi connectivity index (χ1n) is 6.33. The van der Waals surface area contributed by atoms with E-state index >= 15 is 0 Å². The van der Waals surface area contributed by atoms with Gasteiger partial charge in [-0.1, -0.05) is 44.2 Å². The van der Waals surface area contributed by atoms with Crippen LogP contribution in [0.3, 0.4) is 0 Å². The summed E-state index contributed by atoms with van der Waals surface area (Å²) in [5.41, 5.74) is 0.730. The standard InChI is InChI=1S/C15H22O3/c1-5-15(3,14(16)18-17-4)11-12(2)13-9-7-6-8-10-13/h6-10,12H,5,11H2,1-4H3. The van der Waals surface area contributed by atoms with Crippen LogP contribution in [-0.2, 0) is 14.6 Å². The van der Waals surface area contributed by atoms with Gasteiger partial charge in [-0.3, -0.25) is 4.89 Å². The van der Waals surface area contributed by atoms with Crippen molar-refractivity contribution in [3.8, 4) is 0 Å². The van der Waals surface area contributed by atoms with E-state index in [1.54, 1.807) is 0 Å². The highest BCUT2D eigenvalue weighted by Crippen LogP contribution is 2.35. The van der Waals surface area contributed by atoms with Gasteiger partial charge in [0.2, 0.25) is 0 Å². The first kappa shape index (κ1) is 14.7. The second-order valence-corrected chi connectivity index (χ2v) is 4.97. The van der Waals surface area contributed by atoms with E-state index < -0.39 is 5.41 Å². The third-order valence-electron chi connectivity index (χ3n) is 3.56. The van der Waals surface area contributed by atoms with E-state index in [-0.39, 0.29) is 5.97 Å². The molecule has 1 rings (SSSR count). The van der Waals surface area contributed by atoms with Crippen LogP contribution >= 0.6 is 0 Å². The van der Waals surface area contributed by atoms with E-state index in [1.165, 1.54) is 12.7 Å². The van der Waals surface area contributed by atoms with Gasteiger partial charge >= 0.3 is 5.97 Å². The van der Waals surface area contributed by atoms with Gasteiger partial charge < -0.3 is 0 Å². The molecule has 3 nitrogen and oxygen atoms in total. The van der Waals surface area contributed by atoms with E-state index in [9.17, 15) is 4.79 Å². The van der Waals surface area contributed by atoms with Crippen LogP contribution in [-0.4, -0.2) is 13.1 Å². The van der Waals surface area contributed by atoms with E-state index in [2.05, 4.69) is 23.9 Å². The Kier molecular flexibility index (Phi) is 5.35. The fourth-order valence-corrected chi connectivity index (χ4v) is 2.12. The average Bonchev–Trinajstić information content (AvgIpc) is 2.39. The lowest BCUT2D eigenvalue weighted by atomic mass is 9.77. The number of hydrogen-bond acceptors (Lipinski definition) is 3. The summed E-state index contributed by atoms with van der Waals surface area (Å²) in [6, 6.07) is 10.2. The van der Waals surface area contributed by atoms with Crippen LogP contribution in [0.5, 0.6) is 0 Å². The molecule has 0 bridgehead atoms. The molecule has 0 fully saturated rings. The molecule has 0 radical (unpaired) electrons. The number of carbonyl (C=O) groups is 1. The van der Waals surface area contributed by atoms with Crippen molar-refractivity contribution in [2.24, 2.45) is 5.41 Å². The van der Waals surface area contributed by atoms with Gasteiger partial charge in [0, 0.05) is 0 Å². The molecule has 3 heteroatoms. The lowest BCUT2D eigenvalue weighted by molar-refractivity contribution is -0.264. The topological polar surface area (TPSA) is 35.5 Å². The molecule has 0 N–H and O–H groups in total. The highest BCUT2D eigenvalue weighted by molar-refractivity contribution is 5.75. The molecule has 0 saturated heterocycles. The summed E-state index contributed by atoms with van der Waals surface area (Å²) in [5, 5.41) is 0. The van der Waals surface area contributed by atoms with Gasteiger partial charge in [0.15, 0.2) is 0 Å². The smallest absolute Gasteiger partial charge is 0.298 e. The molecule has 0 aliphatic heterocycles. The van der Waals surface area contributed by atoms with Crippen molar-refractivity contribution >= 4 is 5.97 Å². The predicted molar refractivity (Wildman–Crippen MR) is 71.0 cm³/mol. The number of carbonyl (C=O) groups excluding carboxylic acids is 1. The molecule has 0 spiro atoms. The molecule has 1 aromatic carbocycles. The molecular weight excluding hydrogens is 228 g/mol. The van der Waals surface area contributed by atoms with Crippen molar-refractivity contribution < 1.29 is 14.6 Å². The Morgan fingerprint density at radius 2 is 1.94 bits per heavy atom. The van der Waals surface area contributed by atoms with Crippen LogP contribution in [0, 0.1) is 5.41 Å². The van der Waals surface area contributed by atoms with Crippen LogP contribution in [0.25, 0.3) is 0 Å². The maximum absolute atomic E-state index is 11.9. The molecule has 100 valence electrons. The van der Waals surface area contributed by atoms with E-state index in [0.717, 1.165) is 12.8 Å². The Morgan fingerprint density at radius 3 is 2.44 bits per heavy atom.